The van der Waals surface area contributed by atoms with E-state index in [4.69, 9.17) is 4.74 Å². The number of nitrogens with zero attached hydrogens (tertiary/aromatic N) is 5. The van der Waals surface area contributed by atoms with Gasteiger partial charge < -0.3 is 15.0 Å². The highest BCUT2D eigenvalue weighted by Crippen LogP contribution is 2.18. The molecule has 158 valence electrons. The number of piperidine rings is 1. The van der Waals surface area contributed by atoms with E-state index in [1.165, 1.54) is 12.4 Å². The maximum Gasteiger partial charge on any atom is 0.306 e. The molecule has 2 heterocycles. The van der Waals surface area contributed by atoms with E-state index in [0.717, 1.165) is 44.2 Å². The molecule has 0 aliphatic carbocycles. The third-order valence-corrected chi connectivity index (χ3v) is 4.54. The van der Waals surface area contributed by atoms with Crippen molar-refractivity contribution < 1.29 is 9.66 Å². The van der Waals surface area contributed by atoms with Gasteiger partial charge in [-0.25, -0.2) is 0 Å². The van der Waals surface area contributed by atoms with Crippen LogP contribution in [0.15, 0.2) is 47.7 Å². The van der Waals surface area contributed by atoms with E-state index in [0.29, 0.717) is 13.1 Å². The summed E-state index contributed by atoms with van der Waals surface area (Å²) in [6.45, 7) is 5.56. The summed E-state index contributed by atoms with van der Waals surface area (Å²) >= 11 is 0. The number of nitrogens with one attached hydrogen (secondary N) is 1. The van der Waals surface area contributed by atoms with Crippen LogP contribution in [-0.2, 0) is 6.54 Å². The number of hydrogen-bond acceptors (Lipinski definition) is 5. The maximum atomic E-state index is 10.7. The molecule has 9 nitrogen and oxygen atoms in total. The lowest BCUT2D eigenvalue weighted by Gasteiger charge is -2.34. The molecule has 2 aromatic rings. The number of benzene rings is 1. The molecular weight excluding hydrogens is 487 g/mol. The molecule has 1 N–H and O–H groups in total. The van der Waals surface area contributed by atoms with E-state index in [1.54, 1.807) is 4.68 Å². The monoisotopic (exact) mass is 514 g/mol. The lowest BCUT2D eigenvalue weighted by atomic mass is 10.1. The van der Waals surface area contributed by atoms with Gasteiger partial charge in [0.1, 0.15) is 24.2 Å². The number of nitro groups is 1. The van der Waals surface area contributed by atoms with Crippen LogP contribution in [0.4, 0.5) is 5.69 Å². The van der Waals surface area contributed by atoms with Crippen molar-refractivity contribution in [2.24, 2.45) is 4.99 Å². The van der Waals surface area contributed by atoms with Gasteiger partial charge in [-0.3, -0.25) is 19.8 Å². The molecule has 10 heteroatoms. The highest BCUT2D eigenvalue weighted by molar-refractivity contribution is 14.0. The summed E-state index contributed by atoms with van der Waals surface area (Å²) in [5.74, 6) is 1.78. The minimum atomic E-state index is -0.446. The zero-order valence-electron chi connectivity index (χ0n) is 16.4. The molecule has 3 rings (SSSR count). The molecule has 0 saturated carbocycles. The van der Waals surface area contributed by atoms with Crippen molar-refractivity contribution in [1.29, 1.82) is 0 Å². The Kier molecular flexibility index (Phi) is 9.16. The first kappa shape index (κ1) is 22.9. The van der Waals surface area contributed by atoms with E-state index in [2.05, 4.69) is 20.3 Å². The van der Waals surface area contributed by atoms with Crippen molar-refractivity contribution in [2.75, 3.05) is 26.2 Å². The number of likely N-dealkylation sites (tertiary alicyclic amines) is 1. The second-order valence-corrected chi connectivity index (χ2v) is 6.57. The van der Waals surface area contributed by atoms with Gasteiger partial charge in [-0.05, 0) is 19.1 Å². The summed E-state index contributed by atoms with van der Waals surface area (Å²) in [6.07, 6.45) is 4.77. The van der Waals surface area contributed by atoms with Crippen LogP contribution in [0.25, 0.3) is 0 Å². The van der Waals surface area contributed by atoms with Gasteiger partial charge in [0.05, 0.1) is 18.0 Å². The maximum absolute atomic E-state index is 10.7. The minimum Gasteiger partial charge on any atom is -0.490 e. The number of hydrogen-bond donors (Lipinski definition) is 1. The van der Waals surface area contributed by atoms with Crippen LogP contribution in [0.5, 0.6) is 5.75 Å². The van der Waals surface area contributed by atoms with Gasteiger partial charge in [-0.2, -0.15) is 5.10 Å². The standard InChI is InChI=1S/C19H26N6O3.HI/c1-2-20-19(21-10-13-24-15-16(14-22-24)25(26)27)23-11-8-18(9-12-23)28-17-6-4-3-5-7-17;/h3-7,14-15,18H,2,8-13H2,1H3,(H,20,21);1H. The molecule has 0 atom stereocenters. The molecule has 0 amide bonds. The van der Waals surface area contributed by atoms with Crippen LogP contribution in [-0.4, -0.2) is 57.8 Å². The number of guanidine groups is 1. The Labute approximate surface area is 187 Å². The van der Waals surface area contributed by atoms with Gasteiger partial charge >= 0.3 is 5.69 Å². The predicted octanol–water partition coefficient (Wildman–Crippen LogP) is 2.92. The van der Waals surface area contributed by atoms with E-state index in [9.17, 15) is 10.1 Å². The van der Waals surface area contributed by atoms with E-state index in [-0.39, 0.29) is 35.8 Å². The number of ether oxygens (including phenoxy) is 1. The van der Waals surface area contributed by atoms with Crippen LogP contribution < -0.4 is 10.1 Å². The second-order valence-electron chi connectivity index (χ2n) is 6.57. The number of para-hydroxylation sites is 1. The van der Waals surface area contributed by atoms with Crippen LogP contribution in [0, 0.1) is 10.1 Å². The van der Waals surface area contributed by atoms with Gasteiger partial charge in [0.2, 0.25) is 0 Å². The number of halogens is 1. The zero-order chi connectivity index (χ0) is 19.8. The minimum absolute atomic E-state index is 0. The van der Waals surface area contributed by atoms with Crippen molar-refractivity contribution in [3.8, 4) is 5.75 Å². The zero-order valence-corrected chi connectivity index (χ0v) is 18.8. The highest BCUT2D eigenvalue weighted by atomic mass is 127. The van der Waals surface area contributed by atoms with Crippen molar-refractivity contribution in [2.45, 2.75) is 32.4 Å². The average molecular weight is 514 g/mol. The number of aliphatic imine (C=N–C) groups is 1. The van der Waals surface area contributed by atoms with E-state index < -0.39 is 4.92 Å². The second kappa shape index (κ2) is 11.6. The fourth-order valence-corrected chi connectivity index (χ4v) is 3.13. The van der Waals surface area contributed by atoms with Gasteiger partial charge in [0, 0.05) is 32.5 Å². The normalized spacial score (nSPS) is 14.9. The molecular formula is C19H27IN6O3. The van der Waals surface area contributed by atoms with Gasteiger partial charge in [0.25, 0.3) is 0 Å². The molecule has 0 radical (unpaired) electrons. The molecule has 1 saturated heterocycles. The Morgan fingerprint density at radius 1 is 1.34 bits per heavy atom. The predicted molar refractivity (Wildman–Crippen MR) is 122 cm³/mol. The first-order chi connectivity index (χ1) is 13.7. The summed E-state index contributed by atoms with van der Waals surface area (Å²) < 4.78 is 7.60. The molecule has 1 aliphatic heterocycles. The lowest BCUT2D eigenvalue weighted by molar-refractivity contribution is -0.385. The fraction of sp³-hybridized carbons (Fsp3) is 0.474. The van der Waals surface area contributed by atoms with Crippen LogP contribution in [0.2, 0.25) is 0 Å². The summed E-state index contributed by atoms with van der Waals surface area (Å²) in [7, 11) is 0. The summed E-state index contributed by atoms with van der Waals surface area (Å²) in [5.41, 5.74) is -0.00336. The quantitative estimate of drug-likeness (QED) is 0.201. The van der Waals surface area contributed by atoms with E-state index in [1.807, 2.05) is 37.3 Å². The Morgan fingerprint density at radius 3 is 2.69 bits per heavy atom. The molecule has 1 aliphatic rings. The molecule has 29 heavy (non-hydrogen) atoms. The van der Waals surface area contributed by atoms with Crippen LogP contribution >= 0.6 is 24.0 Å². The van der Waals surface area contributed by atoms with Crippen LogP contribution in [0.1, 0.15) is 19.8 Å². The fourth-order valence-electron chi connectivity index (χ4n) is 3.13. The number of rotatable bonds is 7. The SMILES string of the molecule is CCNC(=NCCn1cc([N+](=O)[O-])cn1)N1CCC(Oc2ccccc2)CC1.I. The Balaban J connectivity index is 0.00000300. The average Bonchev–Trinajstić information content (AvgIpc) is 3.18. The molecule has 1 aromatic carbocycles. The Morgan fingerprint density at radius 2 is 2.07 bits per heavy atom. The van der Waals surface area contributed by atoms with Gasteiger partial charge in [0.15, 0.2) is 5.96 Å². The lowest BCUT2D eigenvalue weighted by Crippen LogP contribution is -2.47. The molecule has 0 unspecified atom stereocenters. The van der Waals surface area contributed by atoms with Crippen molar-refractivity contribution in [3.63, 3.8) is 0 Å². The van der Waals surface area contributed by atoms with E-state index >= 15 is 0 Å². The molecule has 0 spiro atoms. The topological polar surface area (TPSA) is 97.8 Å². The third kappa shape index (κ3) is 6.87. The summed E-state index contributed by atoms with van der Waals surface area (Å²) in [5, 5.41) is 18.0. The first-order valence-electron chi connectivity index (χ1n) is 9.57. The summed E-state index contributed by atoms with van der Waals surface area (Å²) in [6, 6.07) is 9.91. The van der Waals surface area contributed by atoms with Crippen LogP contribution in [0.3, 0.4) is 0 Å². The van der Waals surface area contributed by atoms with Gasteiger partial charge in [-0.15, -0.1) is 24.0 Å². The summed E-state index contributed by atoms with van der Waals surface area (Å²) in [4.78, 5) is 17.2. The molecule has 1 aromatic heterocycles. The van der Waals surface area contributed by atoms with Crippen molar-refractivity contribution in [3.05, 3.63) is 52.8 Å². The largest absolute Gasteiger partial charge is 0.490 e. The molecule has 1 fully saturated rings. The highest BCUT2D eigenvalue weighted by Gasteiger charge is 2.22. The Hall–Kier alpha value is -2.37. The molecule has 0 bridgehead atoms. The third-order valence-electron chi connectivity index (χ3n) is 4.54. The first-order valence-corrected chi connectivity index (χ1v) is 9.57. The van der Waals surface area contributed by atoms with Crippen molar-refractivity contribution >= 4 is 35.6 Å². The smallest absolute Gasteiger partial charge is 0.306 e. The van der Waals surface area contributed by atoms with Crippen molar-refractivity contribution in [1.82, 2.24) is 20.0 Å². The Bertz CT molecular complexity index is 790. The van der Waals surface area contributed by atoms with Gasteiger partial charge in [-0.1, -0.05) is 18.2 Å². The number of aromatic nitrogens is 2.